The van der Waals surface area contributed by atoms with E-state index in [0.717, 1.165) is 25.7 Å². The van der Waals surface area contributed by atoms with Crippen LogP contribution < -0.4 is 0 Å². The Bertz CT molecular complexity index is 288. The van der Waals surface area contributed by atoms with E-state index in [1.54, 1.807) is 4.90 Å². The van der Waals surface area contributed by atoms with Gasteiger partial charge in [-0.3, -0.25) is 4.79 Å². The van der Waals surface area contributed by atoms with Gasteiger partial charge in [-0.2, -0.15) is 5.26 Å². The van der Waals surface area contributed by atoms with Crippen molar-refractivity contribution in [3.63, 3.8) is 0 Å². The van der Waals surface area contributed by atoms with Gasteiger partial charge in [-0.15, -0.1) is 0 Å². The van der Waals surface area contributed by atoms with Gasteiger partial charge in [-0.25, -0.2) is 0 Å². The van der Waals surface area contributed by atoms with Gasteiger partial charge in [-0.1, -0.05) is 25.7 Å². The third-order valence-corrected chi connectivity index (χ3v) is 3.62. The molecule has 0 atom stereocenters. The highest BCUT2D eigenvalue weighted by atomic mass is 16.3. The van der Waals surface area contributed by atoms with Crippen molar-refractivity contribution < 1.29 is 9.90 Å². The predicted molar refractivity (Wildman–Crippen MR) is 65.1 cm³/mol. The Kier molecular flexibility index (Phi) is 5.43. The molecule has 96 valence electrons. The number of hydrogen-bond donors (Lipinski definition) is 1. The zero-order valence-corrected chi connectivity index (χ0v) is 10.6. The fourth-order valence-corrected chi connectivity index (χ4v) is 2.53. The Labute approximate surface area is 103 Å². The standard InChI is InChI=1S/C13H22N2O2/c1-2-15(9-10-16)12(17)13(11-14)7-5-3-4-6-8-13/h16H,2-10H2,1H3. The summed E-state index contributed by atoms with van der Waals surface area (Å²) in [6.07, 6.45) is 5.48. The summed E-state index contributed by atoms with van der Waals surface area (Å²) >= 11 is 0. The molecule has 0 heterocycles. The van der Waals surface area contributed by atoms with Crippen molar-refractivity contribution in [1.29, 1.82) is 5.26 Å². The van der Waals surface area contributed by atoms with Crippen LogP contribution in [-0.4, -0.2) is 35.6 Å². The second kappa shape index (κ2) is 6.61. The number of hydrogen-bond acceptors (Lipinski definition) is 3. The molecule has 1 rings (SSSR count). The molecule has 0 radical (unpaired) electrons. The quantitative estimate of drug-likeness (QED) is 0.758. The van der Waals surface area contributed by atoms with Crippen molar-refractivity contribution in [2.75, 3.05) is 19.7 Å². The Morgan fingerprint density at radius 1 is 1.35 bits per heavy atom. The number of likely N-dealkylation sites (N-methyl/N-ethyl adjacent to an activating group) is 1. The van der Waals surface area contributed by atoms with Crippen LogP contribution in [0.25, 0.3) is 0 Å². The third-order valence-electron chi connectivity index (χ3n) is 3.62. The summed E-state index contributed by atoms with van der Waals surface area (Å²) < 4.78 is 0. The number of nitriles is 1. The number of aliphatic hydroxyl groups is 1. The van der Waals surface area contributed by atoms with Crippen LogP contribution in [0.3, 0.4) is 0 Å². The van der Waals surface area contributed by atoms with Gasteiger partial charge in [0.25, 0.3) is 0 Å². The number of amides is 1. The molecule has 4 heteroatoms. The molecule has 1 fully saturated rings. The van der Waals surface area contributed by atoms with Gasteiger partial charge in [0.1, 0.15) is 5.41 Å². The number of carbonyl (C=O) groups excluding carboxylic acids is 1. The van der Waals surface area contributed by atoms with Crippen molar-refractivity contribution in [2.24, 2.45) is 5.41 Å². The molecule has 0 saturated heterocycles. The van der Waals surface area contributed by atoms with Crippen LogP contribution in [-0.2, 0) is 4.79 Å². The van der Waals surface area contributed by atoms with Crippen LogP contribution >= 0.6 is 0 Å². The monoisotopic (exact) mass is 238 g/mol. The molecule has 0 unspecified atom stereocenters. The highest BCUT2D eigenvalue weighted by Gasteiger charge is 2.41. The molecule has 1 aliphatic carbocycles. The Morgan fingerprint density at radius 3 is 2.35 bits per heavy atom. The van der Waals surface area contributed by atoms with E-state index in [9.17, 15) is 10.1 Å². The second-order valence-corrected chi connectivity index (χ2v) is 4.72. The van der Waals surface area contributed by atoms with Gasteiger partial charge in [0, 0.05) is 13.1 Å². The number of rotatable bonds is 4. The van der Waals surface area contributed by atoms with Crippen LogP contribution in [0.1, 0.15) is 45.4 Å². The van der Waals surface area contributed by atoms with E-state index in [2.05, 4.69) is 6.07 Å². The summed E-state index contributed by atoms with van der Waals surface area (Å²) in [6, 6.07) is 2.26. The second-order valence-electron chi connectivity index (χ2n) is 4.72. The summed E-state index contributed by atoms with van der Waals surface area (Å²) in [5, 5.41) is 18.3. The topological polar surface area (TPSA) is 64.3 Å². The van der Waals surface area contributed by atoms with Crippen molar-refractivity contribution in [2.45, 2.75) is 45.4 Å². The van der Waals surface area contributed by atoms with Gasteiger partial charge < -0.3 is 10.0 Å². The van der Waals surface area contributed by atoms with Crippen LogP contribution in [0.4, 0.5) is 0 Å². The lowest BCUT2D eigenvalue weighted by Crippen LogP contribution is -2.44. The van der Waals surface area contributed by atoms with Crippen LogP contribution in [0, 0.1) is 16.7 Å². The van der Waals surface area contributed by atoms with Gasteiger partial charge in [0.15, 0.2) is 0 Å². The van der Waals surface area contributed by atoms with E-state index >= 15 is 0 Å². The summed E-state index contributed by atoms with van der Waals surface area (Å²) in [5.74, 6) is -0.0848. The molecule has 1 N–H and O–H groups in total. The fourth-order valence-electron chi connectivity index (χ4n) is 2.53. The van der Waals surface area contributed by atoms with Crippen LogP contribution in [0.15, 0.2) is 0 Å². The lowest BCUT2D eigenvalue weighted by Gasteiger charge is -2.30. The van der Waals surface area contributed by atoms with Gasteiger partial charge >= 0.3 is 0 Å². The molecule has 0 aromatic heterocycles. The number of carbonyl (C=O) groups is 1. The average Bonchev–Trinajstić information content (AvgIpc) is 2.61. The Morgan fingerprint density at radius 2 is 1.94 bits per heavy atom. The highest BCUT2D eigenvalue weighted by molar-refractivity contribution is 5.85. The molecule has 0 bridgehead atoms. The molecule has 17 heavy (non-hydrogen) atoms. The first kappa shape index (κ1) is 14.0. The van der Waals surface area contributed by atoms with Gasteiger partial charge in [-0.05, 0) is 19.8 Å². The first-order chi connectivity index (χ1) is 8.20. The SMILES string of the molecule is CCN(CCO)C(=O)C1(C#N)CCCCCC1. The first-order valence-corrected chi connectivity index (χ1v) is 6.51. The molecule has 0 aromatic carbocycles. The minimum absolute atomic E-state index is 0.0406. The summed E-state index contributed by atoms with van der Waals surface area (Å²) in [6.45, 7) is 2.73. The number of nitrogens with zero attached hydrogens (tertiary/aromatic N) is 2. The van der Waals surface area contributed by atoms with Crippen molar-refractivity contribution >= 4 is 5.91 Å². The highest BCUT2D eigenvalue weighted by Crippen LogP contribution is 2.36. The summed E-state index contributed by atoms with van der Waals surface area (Å²) in [7, 11) is 0. The van der Waals surface area contributed by atoms with E-state index in [-0.39, 0.29) is 12.5 Å². The van der Waals surface area contributed by atoms with Crippen molar-refractivity contribution in [3.8, 4) is 6.07 Å². The summed E-state index contributed by atoms with van der Waals surface area (Å²) in [5.41, 5.74) is -0.832. The smallest absolute Gasteiger partial charge is 0.243 e. The minimum Gasteiger partial charge on any atom is -0.395 e. The van der Waals surface area contributed by atoms with E-state index in [1.807, 2.05) is 6.92 Å². The number of aliphatic hydroxyl groups excluding tert-OH is 1. The van der Waals surface area contributed by atoms with E-state index in [1.165, 1.54) is 0 Å². The lowest BCUT2D eigenvalue weighted by atomic mass is 9.80. The normalized spacial score (nSPS) is 19.1. The van der Waals surface area contributed by atoms with Crippen LogP contribution in [0.5, 0.6) is 0 Å². The molecule has 0 spiro atoms. The molecule has 1 saturated carbocycles. The molecule has 0 aromatic rings. The lowest BCUT2D eigenvalue weighted by molar-refractivity contribution is -0.140. The fraction of sp³-hybridized carbons (Fsp3) is 0.846. The van der Waals surface area contributed by atoms with E-state index in [4.69, 9.17) is 5.11 Å². The maximum Gasteiger partial charge on any atom is 0.243 e. The predicted octanol–water partition coefficient (Wildman–Crippen LogP) is 1.69. The molecular weight excluding hydrogens is 216 g/mol. The van der Waals surface area contributed by atoms with Gasteiger partial charge in [0.05, 0.1) is 12.7 Å². The minimum atomic E-state index is -0.832. The largest absolute Gasteiger partial charge is 0.395 e. The molecule has 0 aliphatic heterocycles. The van der Waals surface area contributed by atoms with E-state index in [0.29, 0.717) is 25.9 Å². The molecule has 1 aliphatic rings. The van der Waals surface area contributed by atoms with Crippen LogP contribution in [0.2, 0.25) is 0 Å². The molecule has 4 nitrogen and oxygen atoms in total. The van der Waals surface area contributed by atoms with Crippen molar-refractivity contribution in [3.05, 3.63) is 0 Å². The maximum atomic E-state index is 12.4. The maximum absolute atomic E-state index is 12.4. The van der Waals surface area contributed by atoms with Crippen molar-refractivity contribution in [1.82, 2.24) is 4.90 Å². The van der Waals surface area contributed by atoms with Gasteiger partial charge in [0.2, 0.25) is 5.91 Å². The van der Waals surface area contributed by atoms with E-state index < -0.39 is 5.41 Å². The summed E-state index contributed by atoms with van der Waals surface area (Å²) in [4.78, 5) is 14.0. The Hall–Kier alpha value is -1.08. The first-order valence-electron chi connectivity index (χ1n) is 6.51. The Balaban J connectivity index is 2.83. The molecule has 1 amide bonds. The molecular formula is C13H22N2O2. The zero-order valence-electron chi connectivity index (χ0n) is 10.6. The third kappa shape index (κ3) is 3.19. The average molecular weight is 238 g/mol. The zero-order chi connectivity index (χ0) is 12.7.